The standard InChI is InChI=1S/C16H20N6O3S/c1-11(15(23)17-12-7-9-14(10-8-12)22(24)25)26-16-18-19-20-21(16)13-5-3-2-4-6-13/h7-11,13H,2-6H2,1H3,(H,17,23). The van der Waals surface area contributed by atoms with E-state index in [-0.39, 0.29) is 11.6 Å². The van der Waals surface area contributed by atoms with Crippen LogP contribution < -0.4 is 5.32 Å². The number of carbonyl (C=O) groups is 1. The maximum atomic E-state index is 12.4. The number of benzene rings is 1. The van der Waals surface area contributed by atoms with Gasteiger partial charge in [-0.2, -0.15) is 0 Å². The summed E-state index contributed by atoms with van der Waals surface area (Å²) < 4.78 is 1.83. The largest absolute Gasteiger partial charge is 0.325 e. The summed E-state index contributed by atoms with van der Waals surface area (Å²) in [5.41, 5.74) is 0.497. The van der Waals surface area contributed by atoms with Gasteiger partial charge in [0.25, 0.3) is 5.69 Å². The Kier molecular flexibility index (Phi) is 5.82. The summed E-state index contributed by atoms with van der Waals surface area (Å²) in [6, 6.07) is 6.04. The number of nitrogens with zero attached hydrogens (tertiary/aromatic N) is 5. The third-order valence-electron chi connectivity index (χ3n) is 4.38. The third kappa shape index (κ3) is 4.37. The van der Waals surface area contributed by atoms with Crippen LogP contribution in [0.1, 0.15) is 45.1 Å². The van der Waals surface area contributed by atoms with E-state index in [2.05, 4.69) is 20.8 Å². The summed E-state index contributed by atoms with van der Waals surface area (Å²) in [5.74, 6) is -0.206. The Balaban J connectivity index is 1.61. The molecule has 3 rings (SSSR count). The van der Waals surface area contributed by atoms with Gasteiger partial charge in [0, 0.05) is 17.8 Å². The Bertz CT molecular complexity index is 773. The smallest absolute Gasteiger partial charge is 0.269 e. The second kappa shape index (κ2) is 8.26. The van der Waals surface area contributed by atoms with Gasteiger partial charge in [0.1, 0.15) is 0 Å². The van der Waals surface area contributed by atoms with Crippen molar-refractivity contribution in [2.45, 2.75) is 55.5 Å². The molecule has 1 N–H and O–H groups in total. The zero-order valence-electron chi connectivity index (χ0n) is 14.4. The molecule has 2 aromatic rings. The molecule has 0 spiro atoms. The normalized spacial score (nSPS) is 16.2. The van der Waals surface area contributed by atoms with Crippen molar-refractivity contribution in [3.8, 4) is 0 Å². The number of carbonyl (C=O) groups excluding carboxylic acids is 1. The Morgan fingerprint density at radius 2 is 2.00 bits per heavy atom. The Morgan fingerprint density at radius 1 is 1.31 bits per heavy atom. The van der Waals surface area contributed by atoms with Crippen LogP contribution in [0.3, 0.4) is 0 Å². The van der Waals surface area contributed by atoms with E-state index < -0.39 is 10.2 Å². The van der Waals surface area contributed by atoms with Gasteiger partial charge in [0.2, 0.25) is 11.1 Å². The van der Waals surface area contributed by atoms with Crippen molar-refractivity contribution in [1.29, 1.82) is 0 Å². The van der Waals surface area contributed by atoms with E-state index in [0.29, 0.717) is 16.9 Å². The summed E-state index contributed by atoms with van der Waals surface area (Å²) in [6.45, 7) is 1.78. The second-order valence-electron chi connectivity index (χ2n) is 6.25. The van der Waals surface area contributed by atoms with Crippen LogP contribution in [0.5, 0.6) is 0 Å². The zero-order valence-corrected chi connectivity index (χ0v) is 15.2. The van der Waals surface area contributed by atoms with Crippen LogP contribution in [0.2, 0.25) is 0 Å². The van der Waals surface area contributed by atoms with Gasteiger partial charge in [-0.15, -0.1) is 5.10 Å². The molecule has 0 bridgehead atoms. The molecule has 0 saturated heterocycles. The summed E-state index contributed by atoms with van der Waals surface area (Å²) >= 11 is 1.31. The van der Waals surface area contributed by atoms with Crippen LogP contribution in [0.15, 0.2) is 29.4 Å². The van der Waals surface area contributed by atoms with Crippen molar-refractivity contribution < 1.29 is 9.72 Å². The minimum atomic E-state index is -0.477. The first-order valence-corrected chi connectivity index (χ1v) is 9.42. The molecule has 9 nitrogen and oxygen atoms in total. The Morgan fingerprint density at radius 3 is 2.65 bits per heavy atom. The average molecular weight is 376 g/mol. The van der Waals surface area contributed by atoms with Crippen LogP contribution in [-0.2, 0) is 4.79 Å². The first kappa shape index (κ1) is 18.3. The minimum Gasteiger partial charge on any atom is -0.325 e. The summed E-state index contributed by atoms with van der Waals surface area (Å²) in [7, 11) is 0. The van der Waals surface area contributed by atoms with Crippen LogP contribution in [0, 0.1) is 10.1 Å². The number of tetrazole rings is 1. The molecule has 1 heterocycles. The molecular formula is C16H20N6O3S. The molecule has 1 aliphatic carbocycles. The molecule has 138 valence electrons. The van der Waals surface area contributed by atoms with Gasteiger partial charge < -0.3 is 5.32 Å². The van der Waals surface area contributed by atoms with Crippen molar-refractivity contribution in [3.63, 3.8) is 0 Å². The van der Waals surface area contributed by atoms with E-state index in [1.807, 2.05) is 4.68 Å². The maximum absolute atomic E-state index is 12.4. The SMILES string of the molecule is CC(Sc1nnnn1C1CCCCC1)C(=O)Nc1ccc([N+](=O)[O-])cc1. The lowest BCUT2D eigenvalue weighted by Gasteiger charge is -2.22. The molecule has 1 aromatic heterocycles. The number of nitrogens with one attached hydrogen (secondary N) is 1. The van der Waals surface area contributed by atoms with Gasteiger partial charge >= 0.3 is 0 Å². The fraction of sp³-hybridized carbons (Fsp3) is 0.500. The number of hydrogen-bond donors (Lipinski definition) is 1. The van der Waals surface area contributed by atoms with Crippen LogP contribution in [-0.4, -0.2) is 36.3 Å². The highest BCUT2D eigenvalue weighted by Crippen LogP contribution is 2.31. The van der Waals surface area contributed by atoms with Crippen molar-refractivity contribution in [3.05, 3.63) is 34.4 Å². The lowest BCUT2D eigenvalue weighted by atomic mass is 9.96. The fourth-order valence-corrected chi connectivity index (χ4v) is 3.80. The van der Waals surface area contributed by atoms with Gasteiger partial charge in [-0.3, -0.25) is 14.9 Å². The quantitative estimate of drug-likeness (QED) is 0.467. The molecule has 1 unspecified atom stereocenters. The van der Waals surface area contributed by atoms with Crippen molar-refractivity contribution in [1.82, 2.24) is 20.2 Å². The van der Waals surface area contributed by atoms with Crippen molar-refractivity contribution >= 4 is 29.0 Å². The molecule has 1 saturated carbocycles. The highest BCUT2D eigenvalue weighted by molar-refractivity contribution is 8.00. The number of aromatic nitrogens is 4. The molecule has 0 aliphatic heterocycles. The average Bonchev–Trinajstić information content (AvgIpc) is 3.11. The van der Waals surface area contributed by atoms with Crippen LogP contribution in [0.25, 0.3) is 0 Å². The van der Waals surface area contributed by atoms with Crippen molar-refractivity contribution in [2.75, 3.05) is 5.32 Å². The van der Waals surface area contributed by atoms with Gasteiger partial charge in [0.05, 0.1) is 16.2 Å². The van der Waals surface area contributed by atoms with Crippen LogP contribution in [0.4, 0.5) is 11.4 Å². The number of anilines is 1. The second-order valence-corrected chi connectivity index (χ2v) is 7.56. The first-order chi connectivity index (χ1) is 12.5. The molecule has 1 amide bonds. The molecule has 1 atom stereocenters. The molecule has 1 aliphatic rings. The Labute approximate surface area is 154 Å². The molecule has 1 aromatic carbocycles. The highest BCUT2D eigenvalue weighted by Gasteiger charge is 2.24. The predicted octanol–water partition coefficient (Wildman–Crippen LogP) is 3.21. The summed E-state index contributed by atoms with van der Waals surface area (Å²) in [6.07, 6.45) is 5.70. The summed E-state index contributed by atoms with van der Waals surface area (Å²) in [5, 5.41) is 25.6. The number of amides is 1. The molecule has 10 heteroatoms. The topological polar surface area (TPSA) is 116 Å². The molecule has 26 heavy (non-hydrogen) atoms. The highest BCUT2D eigenvalue weighted by atomic mass is 32.2. The molecular weight excluding hydrogens is 356 g/mol. The first-order valence-electron chi connectivity index (χ1n) is 8.54. The van der Waals surface area contributed by atoms with Gasteiger partial charge in [0.15, 0.2) is 0 Å². The minimum absolute atomic E-state index is 0.0166. The predicted molar refractivity (Wildman–Crippen MR) is 97.0 cm³/mol. The van der Waals surface area contributed by atoms with E-state index in [1.54, 1.807) is 6.92 Å². The molecule has 1 fully saturated rings. The van der Waals surface area contributed by atoms with Crippen molar-refractivity contribution in [2.24, 2.45) is 0 Å². The number of nitro groups is 1. The van der Waals surface area contributed by atoms with E-state index >= 15 is 0 Å². The van der Waals surface area contributed by atoms with E-state index in [0.717, 1.165) is 12.8 Å². The van der Waals surface area contributed by atoms with Crippen LogP contribution >= 0.6 is 11.8 Å². The lowest BCUT2D eigenvalue weighted by molar-refractivity contribution is -0.384. The van der Waals surface area contributed by atoms with Gasteiger partial charge in [-0.25, -0.2) is 4.68 Å². The van der Waals surface area contributed by atoms with Gasteiger partial charge in [-0.1, -0.05) is 31.0 Å². The monoisotopic (exact) mass is 376 g/mol. The van der Waals surface area contributed by atoms with Gasteiger partial charge in [-0.05, 0) is 42.3 Å². The van der Waals surface area contributed by atoms with E-state index in [1.165, 1.54) is 55.3 Å². The molecule has 0 radical (unpaired) electrons. The number of rotatable bonds is 6. The number of non-ortho nitro benzene ring substituents is 1. The third-order valence-corrected chi connectivity index (χ3v) is 5.43. The fourth-order valence-electron chi connectivity index (χ4n) is 2.94. The van der Waals surface area contributed by atoms with E-state index in [9.17, 15) is 14.9 Å². The lowest BCUT2D eigenvalue weighted by Crippen LogP contribution is -2.23. The Hall–Kier alpha value is -2.49. The van der Waals surface area contributed by atoms with E-state index in [4.69, 9.17) is 0 Å². The zero-order chi connectivity index (χ0) is 18.5. The number of nitro benzene ring substituents is 1. The maximum Gasteiger partial charge on any atom is 0.269 e. The number of thioether (sulfide) groups is 1. The number of hydrogen-bond acceptors (Lipinski definition) is 7. The summed E-state index contributed by atoms with van der Waals surface area (Å²) in [4.78, 5) is 22.6.